The van der Waals surface area contributed by atoms with E-state index in [9.17, 15) is 20.1 Å². The molecule has 0 aromatic rings. The molecular weight excluding hydrogens is 316 g/mol. The van der Waals surface area contributed by atoms with E-state index in [0.29, 0.717) is 0 Å². The van der Waals surface area contributed by atoms with E-state index in [-0.39, 0.29) is 39.5 Å². The maximum atomic E-state index is 10.2. The van der Waals surface area contributed by atoms with Crippen molar-refractivity contribution in [1.82, 2.24) is 0 Å². The summed E-state index contributed by atoms with van der Waals surface area (Å²) >= 11 is 0. The lowest BCUT2D eigenvalue weighted by molar-refractivity contribution is -0.302. The standard InChI is InChI=1S/C13H24O10/c14-7-8-10(17)11(18)12(19)13(23-8)22-6-5-21-4-3-20-2-1-9(15)16/h8,10-14,17-19H,1-7H2,(H,15,16)/t8?,10?,11?,12?,13-/m1/s1. The van der Waals surface area contributed by atoms with Crippen LogP contribution in [0.4, 0.5) is 0 Å². The van der Waals surface area contributed by atoms with Gasteiger partial charge in [-0.1, -0.05) is 0 Å². The van der Waals surface area contributed by atoms with Gasteiger partial charge in [-0.3, -0.25) is 4.79 Å². The third-order valence-electron chi connectivity index (χ3n) is 3.19. The summed E-state index contributed by atoms with van der Waals surface area (Å²) in [5.41, 5.74) is 0. The molecular formula is C13H24O10. The molecule has 0 aliphatic carbocycles. The Balaban J connectivity index is 2.09. The highest BCUT2D eigenvalue weighted by molar-refractivity contribution is 5.66. The van der Waals surface area contributed by atoms with Crippen molar-refractivity contribution in [3.63, 3.8) is 0 Å². The topological polar surface area (TPSA) is 155 Å². The summed E-state index contributed by atoms with van der Waals surface area (Å²) in [6.45, 7) is 0.301. The number of rotatable bonds is 11. The second kappa shape index (κ2) is 10.8. The van der Waals surface area contributed by atoms with E-state index < -0.39 is 43.3 Å². The number of aliphatic hydroxyl groups excluding tert-OH is 4. The predicted molar refractivity (Wildman–Crippen MR) is 73.6 cm³/mol. The van der Waals surface area contributed by atoms with E-state index in [1.54, 1.807) is 0 Å². The lowest BCUT2D eigenvalue weighted by Gasteiger charge is -2.39. The van der Waals surface area contributed by atoms with E-state index in [1.165, 1.54) is 0 Å². The normalized spacial score (nSPS) is 31.2. The van der Waals surface area contributed by atoms with Gasteiger partial charge in [-0.05, 0) is 0 Å². The zero-order valence-corrected chi connectivity index (χ0v) is 12.6. The van der Waals surface area contributed by atoms with Crippen molar-refractivity contribution in [2.75, 3.05) is 39.6 Å². The Bertz CT molecular complexity index is 337. The fourth-order valence-corrected chi connectivity index (χ4v) is 1.91. The lowest BCUT2D eigenvalue weighted by Crippen LogP contribution is -2.59. The number of ether oxygens (including phenoxy) is 4. The van der Waals surface area contributed by atoms with Gasteiger partial charge in [0.25, 0.3) is 0 Å². The van der Waals surface area contributed by atoms with Gasteiger partial charge >= 0.3 is 5.97 Å². The van der Waals surface area contributed by atoms with Crippen molar-refractivity contribution in [2.45, 2.75) is 37.1 Å². The molecule has 0 aromatic heterocycles. The molecule has 5 N–H and O–H groups in total. The highest BCUT2D eigenvalue weighted by atomic mass is 16.7. The zero-order valence-electron chi connectivity index (χ0n) is 12.6. The molecule has 1 fully saturated rings. The average Bonchev–Trinajstić information content (AvgIpc) is 2.52. The fraction of sp³-hybridized carbons (Fsp3) is 0.923. The average molecular weight is 340 g/mol. The smallest absolute Gasteiger partial charge is 0.305 e. The van der Waals surface area contributed by atoms with Crippen LogP contribution >= 0.6 is 0 Å². The van der Waals surface area contributed by atoms with Crippen LogP contribution in [-0.2, 0) is 23.7 Å². The molecule has 5 atom stereocenters. The summed E-state index contributed by atoms with van der Waals surface area (Å²) in [5, 5.41) is 46.3. The van der Waals surface area contributed by atoms with Crippen LogP contribution in [0.25, 0.3) is 0 Å². The van der Waals surface area contributed by atoms with Gasteiger partial charge in [-0.15, -0.1) is 0 Å². The van der Waals surface area contributed by atoms with Gasteiger partial charge in [-0.2, -0.15) is 0 Å². The Hall–Kier alpha value is -0.850. The first-order chi connectivity index (χ1) is 11.0. The maximum Gasteiger partial charge on any atom is 0.305 e. The molecule has 10 heteroatoms. The third-order valence-corrected chi connectivity index (χ3v) is 3.19. The zero-order chi connectivity index (χ0) is 17.2. The number of carboxylic acids is 1. The summed E-state index contributed by atoms with van der Waals surface area (Å²) in [6.07, 6.45) is -6.60. The molecule has 0 saturated carbocycles. The van der Waals surface area contributed by atoms with Crippen molar-refractivity contribution >= 4 is 5.97 Å². The van der Waals surface area contributed by atoms with Gasteiger partial charge in [0.2, 0.25) is 0 Å². The molecule has 0 radical (unpaired) electrons. The van der Waals surface area contributed by atoms with Gasteiger partial charge in [0.15, 0.2) is 6.29 Å². The number of aliphatic hydroxyl groups is 4. The molecule has 10 nitrogen and oxygen atoms in total. The summed E-state index contributed by atoms with van der Waals surface area (Å²) in [5.74, 6) is -0.932. The van der Waals surface area contributed by atoms with E-state index in [0.717, 1.165) is 0 Å². The maximum absolute atomic E-state index is 10.2. The molecule has 0 aromatic carbocycles. The van der Waals surface area contributed by atoms with Crippen LogP contribution in [0.15, 0.2) is 0 Å². The second-order valence-corrected chi connectivity index (χ2v) is 4.94. The summed E-state index contributed by atoms with van der Waals surface area (Å²) in [7, 11) is 0. The molecule has 0 spiro atoms. The highest BCUT2D eigenvalue weighted by Crippen LogP contribution is 2.21. The summed E-state index contributed by atoms with van der Waals surface area (Å²) in [4.78, 5) is 10.2. The van der Waals surface area contributed by atoms with Crippen LogP contribution in [-0.4, -0.2) is 102 Å². The molecule has 0 bridgehead atoms. The van der Waals surface area contributed by atoms with Gasteiger partial charge < -0.3 is 44.5 Å². The number of aliphatic carboxylic acids is 1. The Morgan fingerprint density at radius 3 is 2.13 bits per heavy atom. The first kappa shape index (κ1) is 20.2. The Kier molecular flexibility index (Phi) is 9.52. The van der Waals surface area contributed by atoms with E-state index in [2.05, 4.69) is 0 Å². The molecule has 1 aliphatic rings. The van der Waals surface area contributed by atoms with Crippen molar-refractivity contribution in [1.29, 1.82) is 0 Å². The van der Waals surface area contributed by atoms with E-state index >= 15 is 0 Å². The monoisotopic (exact) mass is 340 g/mol. The number of hydrogen-bond acceptors (Lipinski definition) is 9. The fourth-order valence-electron chi connectivity index (χ4n) is 1.91. The van der Waals surface area contributed by atoms with Gasteiger partial charge in [-0.25, -0.2) is 0 Å². The van der Waals surface area contributed by atoms with Crippen molar-refractivity contribution in [2.24, 2.45) is 0 Å². The first-order valence-corrected chi connectivity index (χ1v) is 7.26. The minimum Gasteiger partial charge on any atom is -0.481 e. The lowest BCUT2D eigenvalue weighted by atomic mass is 9.99. The quantitative estimate of drug-likeness (QED) is 0.251. The molecule has 136 valence electrons. The van der Waals surface area contributed by atoms with Crippen LogP contribution in [0.3, 0.4) is 0 Å². The summed E-state index contributed by atoms with van der Waals surface area (Å²) < 4.78 is 20.5. The van der Waals surface area contributed by atoms with Gasteiger partial charge in [0.05, 0.1) is 46.1 Å². The molecule has 1 saturated heterocycles. The molecule has 0 amide bonds. The van der Waals surface area contributed by atoms with Crippen molar-refractivity contribution in [3.8, 4) is 0 Å². The molecule has 1 aliphatic heterocycles. The van der Waals surface area contributed by atoms with Gasteiger partial charge in [0, 0.05) is 0 Å². The van der Waals surface area contributed by atoms with Crippen LogP contribution in [0, 0.1) is 0 Å². The summed E-state index contributed by atoms with van der Waals surface area (Å²) in [6, 6.07) is 0. The van der Waals surface area contributed by atoms with Gasteiger partial charge in [0.1, 0.15) is 24.4 Å². The van der Waals surface area contributed by atoms with Crippen LogP contribution < -0.4 is 0 Å². The van der Waals surface area contributed by atoms with Crippen LogP contribution in [0.2, 0.25) is 0 Å². The Morgan fingerprint density at radius 2 is 1.52 bits per heavy atom. The van der Waals surface area contributed by atoms with Crippen molar-refractivity contribution in [3.05, 3.63) is 0 Å². The number of hydrogen-bond donors (Lipinski definition) is 5. The minimum atomic E-state index is -1.48. The Morgan fingerprint density at radius 1 is 0.913 bits per heavy atom. The molecule has 23 heavy (non-hydrogen) atoms. The van der Waals surface area contributed by atoms with Crippen LogP contribution in [0.1, 0.15) is 6.42 Å². The molecule has 1 rings (SSSR count). The first-order valence-electron chi connectivity index (χ1n) is 7.26. The largest absolute Gasteiger partial charge is 0.481 e. The molecule has 4 unspecified atom stereocenters. The van der Waals surface area contributed by atoms with Crippen molar-refractivity contribution < 1.29 is 49.3 Å². The SMILES string of the molecule is O=C(O)CCOCCOCCO[C@@H]1OC(CO)C(O)C(O)C1O. The molecule has 1 heterocycles. The second-order valence-electron chi connectivity index (χ2n) is 4.94. The Labute approximate surface area is 133 Å². The number of carboxylic acid groups (broad SMARTS) is 1. The predicted octanol–water partition coefficient (Wildman–Crippen LogP) is -2.69. The van der Waals surface area contributed by atoms with E-state index in [4.69, 9.17) is 29.2 Å². The minimum absolute atomic E-state index is 0.0534. The highest BCUT2D eigenvalue weighted by Gasteiger charge is 2.43. The van der Waals surface area contributed by atoms with E-state index in [1.807, 2.05) is 0 Å². The number of carbonyl (C=O) groups is 1. The van der Waals surface area contributed by atoms with Crippen LogP contribution in [0.5, 0.6) is 0 Å². The third kappa shape index (κ3) is 7.06.